The maximum Gasteiger partial charge on any atom is 0.236 e. The quantitative estimate of drug-likeness (QED) is 0.156. The van der Waals surface area contributed by atoms with E-state index < -0.39 is 0 Å². The van der Waals surface area contributed by atoms with Gasteiger partial charge in [-0.3, -0.25) is 4.57 Å². The molecule has 0 aliphatic heterocycles. The number of hydrogen-bond donors (Lipinski definition) is 0. The number of hydrogen-bond acceptors (Lipinski definition) is 4. The maximum atomic E-state index is 7.19. The van der Waals surface area contributed by atoms with Gasteiger partial charge in [-0.05, 0) is 146 Å². The number of para-hydroxylation sites is 6. The molecular formula is C94H52N6O2. The van der Waals surface area contributed by atoms with E-state index in [1.807, 2.05) is 0 Å². The second-order valence-electron chi connectivity index (χ2n) is 27.4. The van der Waals surface area contributed by atoms with E-state index >= 15 is 0 Å². The van der Waals surface area contributed by atoms with Crippen LogP contribution in [0.5, 0.6) is 0 Å². The van der Waals surface area contributed by atoms with Crippen molar-refractivity contribution >= 4 is 164 Å². The summed E-state index contributed by atoms with van der Waals surface area (Å²) in [6.45, 7) is 0. The van der Waals surface area contributed by atoms with Crippen molar-refractivity contribution in [3.63, 3.8) is 0 Å². The minimum Gasteiger partial charge on any atom is -0.454 e. The minimum absolute atomic E-state index is 0.555. The zero-order valence-electron chi connectivity index (χ0n) is 54.5. The van der Waals surface area contributed by atoms with Gasteiger partial charge in [-0.1, -0.05) is 224 Å². The van der Waals surface area contributed by atoms with Crippen LogP contribution in [0.3, 0.4) is 0 Å². The molecule has 0 spiro atoms. The van der Waals surface area contributed by atoms with Gasteiger partial charge in [-0.2, -0.15) is 0 Å². The Bertz CT molecular complexity index is 7680. The van der Waals surface area contributed by atoms with Crippen LogP contribution in [0.2, 0.25) is 0 Å². The van der Waals surface area contributed by atoms with Gasteiger partial charge in [-0.25, -0.2) is 9.97 Å². The molecule has 470 valence electrons. The van der Waals surface area contributed by atoms with Crippen molar-refractivity contribution in [1.29, 1.82) is 0 Å². The molecule has 0 saturated heterocycles. The summed E-state index contributed by atoms with van der Waals surface area (Å²) in [4.78, 5) is 11.6. The molecule has 23 aromatic rings. The van der Waals surface area contributed by atoms with Crippen LogP contribution in [0.15, 0.2) is 324 Å². The number of aromatic nitrogens is 6. The lowest BCUT2D eigenvalue weighted by atomic mass is 9.93. The molecule has 16 aromatic carbocycles. The topological polar surface area (TPSA) is 71.8 Å². The lowest BCUT2D eigenvalue weighted by Gasteiger charge is -2.16. The largest absolute Gasteiger partial charge is 0.454 e. The number of rotatable bonds is 6. The Morgan fingerprint density at radius 1 is 0.235 bits per heavy atom. The van der Waals surface area contributed by atoms with Gasteiger partial charge in [0.2, 0.25) is 5.95 Å². The first-order chi connectivity index (χ1) is 50.6. The van der Waals surface area contributed by atoms with E-state index in [1.165, 1.54) is 43.8 Å². The first-order valence-electron chi connectivity index (χ1n) is 34.9. The van der Waals surface area contributed by atoms with Crippen LogP contribution in [0.25, 0.3) is 231 Å². The highest BCUT2D eigenvalue weighted by Gasteiger charge is 2.32. The Morgan fingerprint density at radius 3 is 1.50 bits per heavy atom. The van der Waals surface area contributed by atoms with Crippen LogP contribution in [0, 0.1) is 0 Å². The lowest BCUT2D eigenvalue weighted by molar-refractivity contribution is 0.670. The summed E-state index contributed by atoms with van der Waals surface area (Å²) in [6, 6.07) is 115. The lowest BCUT2D eigenvalue weighted by Crippen LogP contribution is -2.05. The summed E-state index contributed by atoms with van der Waals surface area (Å²) in [6.07, 6.45) is 0. The van der Waals surface area contributed by atoms with E-state index in [1.54, 1.807) is 0 Å². The molecule has 0 N–H and O–H groups in total. The first kappa shape index (κ1) is 54.2. The van der Waals surface area contributed by atoms with Crippen LogP contribution in [0.4, 0.5) is 0 Å². The van der Waals surface area contributed by atoms with Crippen molar-refractivity contribution in [1.82, 2.24) is 28.2 Å². The second kappa shape index (κ2) is 19.9. The van der Waals surface area contributed by atoms with E-state index in [0.29, 0.717) is 5.95 Å². The van der Waals surface area contributed by atoms with E-state index in [-0.39, 0.29) is 0 Å². The summed E-state index contributed by atoms with van der Waals surface area (Å²) in [7, 11) is 0. The number of nitrogens with zero attached hydrogens (tertiary/aromatic N) is 6. The van der Waals surface area contributed by atoms with Crippen LogP contribution >= 0.6 is 0 Å². The summed E-state index contributed by atoms with van der Waals surface area (Å²) < 4.78 is 23.9. The van der Waals surface area contributed by atoms with Crippen LogP contribution < -0.4 is 0 Å². The van der Waals surface area contributed by atoms with Gasteiger partial charge in [0, 0.05) is 92.6 Å². The predicted molar refractivity (Wildman–Crippen MR) is 422 cm³/mol. The molecule has 0 bridgehead atoms. The molecule has 24 rings (SSSR count). The second-order valence-corrected chi connectivity index (χ2v) is 27.4. The summed E-state index contributed by atoms with van der Waals surface area (Å²) in [5, 5.41) is 19.0. The highest BCUT2D eigenvalue weighted by molar-refractivity contribution is 6.32. The average Bonchev–Trinajstić information content (AvgIpc) is 1.50. The Labute approximate surface area is 580 Å². The predicted octanol–water partition coefficient (Wildman–Crippen LogP) is 25.1. The van der Waals surface area contributed by atoms with Gasteiger partial charge in [0.1, 0.15) is 16.7 Å². The fourth-order valence-corrected chi connectivity index (χ4v) is 18.0. The molecule has 0 amide bonds. The van der Waals surface area contributed by atoms with Crippen molar-refractivity contribution in [2.24, 2.45) is 0 Å². The van der Waals surface area contributed by atoms with Crippen molar-refractivity contribution in [3.8, 4) is 67.6 Å². The zero-order valence-corrected chi connectivity index (χ0v) is 54.5. The van der Waals surface area contributed by atoms with Crippen LogP contribution in [-0.4, -0.2) is 28.2 Å². The Morgan fingerprint density at radius 2 is 0.775 bits per heavy atom. The fraction of sp³-hybridized carbons (Fsp3) is 0. The summed E-state index contributed by atoms with van der Waals surface area (Å²) in [5.41, 5.74) is 24.9. The van der Waals surface area contributed by atoms with E-state index in [0.717, 1.165) is 181 Å². The zero-order chi connectivity index (χ0) is 66.2. The summed E-state index contributed by atoms with van der Waals surface area (Å²) in [5.74, 6) is 0.555. The molecule has 8 heteroatoms. The minimum atomic E-state index is 0.555. The molecule has 1 aliphatic carbocycles. The van der Waals surface area contributed by atoms with Crippen LogP contribution in [-0.2, 0) is 0 Å². The molecule has 8 nitrogen and oxygen atoms in total. The van der Waals surface area contributed by atoms with Crippen molar-refractivity contribution < 1.29 is 8.83 Å². The van der Waals surface area contributed by atoms with Gasteiger partial charge < -0.3 is 22.5 Å². The molecule has 0 unspecified atom stereocenters. The molecular weight excluding hydrogens is 1250 g/mol. The first-order valence-corrected chi connectivity index (χ1v) is 34.9. The highest BCUT2D eigenvalue weighted by Crippen LogP contribution is 2.54. The molecule has 0 saturated carbocycles. The van der Waals surface area contributed by atoms with E-state index in [2.05, 4.69) is 334 Å². The number of benzene rings is 16. The molecule has 102 heavy (non-hydrogen) atoms. The molecule has 1 aliphatic rings. The molecule has 7 aromatic heterocycles. The third-order valence-electron chi connectivity index (χ3n) is 22.2. The summed E-state index contributed by atoms with van der Waals surface area (Å²) >= 11 is 0. The van der Waals surface area contributed by atoms with Gasteiger partial charge in [0.15, 0.2) is 11.2 Å². The van der Waals surface area contributed by atoms with Gasteiger partial charge >= 0.3 is 0 Å². The third kappa shape index (κ3) is 7.13. The average molecular weight is 1300 g/mol. The normalized spacial score (nSPS) is 12.5. The van der Waals surface area contributed by atoms with Crippen molar-refractivity contribution in [3.05, 3.63) is 315 Å². The molecule has 0 fully saturated rings. The monoisotopic (exact) mass is 1300 g/mol. The highest BCUT2D eigenvalue weighted by atomic mass is 16.3. The molecule has 7 heterocycles. The third-order valence-corrected chi connectivity index (χ3v) is 22.2. The standard InChI is InChI=1S/C94H52N6O2/c1-4-22-54(23-5-1)85-84-60-29-11-10-21-53(60)40-48-77(84)95-94(96-85)100-88-76(69-45-47-71-64-32-15-19-38-81(64)102-93(71)90(69)100)52-73(83-72-33-13-17-36-79(72)97(91(83)88)57-25-6-2-7-26-57)55-39-41-61-74(50-55)65-34-20-24-56-49-59(51-75(61)82(56)65)98-78-35-16-12-30-62(78)66-42-43-67-68-44-46-70-63-31-14-18-37-80(63)101-92(70)89(68)99(87(67)86(66)98)58-27-8-3-9-28-58/h1-52H. The Balaban J connectivity index is 0.781. The number of furan rings is 2. The van der Waals surface area contributed by atoms with E-state index in [4.69, 9.17) is 18.8 Å². The fourth-order valence-electron chi connectivity index (χ4n) is 18.0. The SMILES string of the molecule is c1ccc(-c2nc(-n3c4c(ccc5c6ccccc6oc54)c4cc(-c5ccc6c(c5)-c5cccc7cc(-n8c9ccccc9c9ccc%10c%11ccc%12c%13ccccc%13oc%12c%11n(-c%11ccccc%11)c%10c98)cc-6c57)c5c6ccccc6n(-c6ccccc6)c5c43)nc3ccc4ccccc4c23)cc1. The van der Waals surface area contributed by atoms with Crippen molar-refractivity contribution in [2.75, 3.05) is 0 Å². The Kier molecular flexibility index (Phi) is 10.6. The van der Waals surface area contributed by atoms with Crippen LogP contribution in [0.1, 0.15) is 0 Å². The number of fused-ring (bicyclic) bond motifs is 28. The van der Waals surface area contributed by atoms with Crippen molar-refractivity contribution in [2.45, 2.75) is 0 Å². The maximum absolute atomic E-state index is 7.19. The van der Waals surface area contributed by atoms with Gasteiger partial charge in [0.05, 0.1) is 49.8 Å². The smallest absolute Gasteiger partial charge is 0.236 e. The molecule has 0 radical (unpaired) electrons. The molecule has 0 atom stereocenters. The van der Waals surface area contributed by atoms with Gasteiger partial charge in [-0.15, -0.1) is 0 Å². The van der Waals surface area contributed by atoms with E-state index in [9.17, 15) is 0 Å². The van der Waals surface area contributed by atoms with Gasteiger partial charge in [0.25, 0.3) is 0 Å². The Hall–Kier alpha value is -13.8.